The van der Waals surface area contributed by atoms with Gasteiger partial charge in [0.2, 0.25) is 0 Å². The monoisotopic (exact) mass is 242 g/mol. The summed E-state index contributed by atoms with van der Waals surface area (Å²) in [6.07, 6.45) is 4.87. The average Bonchev–Trinajstić information content (AvgIpc) is 2.34. The van der Waals surface area contributed by atoms with Gasteiger partial charge in [0.25, 0.3) is 5.56 Å². The number of para-hydroxylation sites is 2. The predicted octanol–water partition coefficient (Wildman–Crippen LogP) is 3.21. The molecule has 1 N–H and O–H groups in total. The smallest absolute Gasteiger partial charge is 0.270 e. The second-order valence-corrected chi connectivity index (χ2v) is 4.70. The first-order valence-corrected chi connectivity index (χ1v) is 6.28. The quantitative estimate of drug-likeness (QED) is 0.661. The van der Waals surface area contributed by atoms with E-state index in [4.69, 9.17) is 0 Å². The lowest BCUT2D eigenvalue weighted by Crippen LogP contribution is -2.15. The van der Waals surface area contributed by atoms with Crippen molar-refractivity contribution in [3.05, 3.63) is 52.0 Å². The molecular formula is C15H18N2O. The van der Waals surface area contributed by atoms with E-state index in [9.17, 15) is 4.79 Å². The molecule has 0 atom stereocenters. The Balaban J connectivity index is 2.16. The molecule has 1 heterocycles. The van der Waals surface area contributed by atoms with Crippen molar-refractivity contribution in [2.24, 2.45) is 0 Å². The molecule has 2 aromatic rings. The molecule has 0 aliphatic rings. The van der Waals surface area contributed by atoms with E-state index in [1.807, 2.05) is 24.3 Å². The summed E-state index contributed by atoms with van der Waals surface area (Å²) >= 11 is 0. The zero-order valence-electron chi connectivity index (χ0n) is 10.9. The minimum Gasteiger partial charge on any atom is -0.319 e. The van der Waals surface area contributed by atoms with Crippen LogP contribution in [-0.2, 0) is 6.42 Å². The van der Waals surface area contributed by atoms with Crippen molar-refractivity contribution in [3.63, 3.8) is 0 Å². The molecule has 2 rings (SSSR count). The molecule has 3 heteroatoms. The molecule has 1 aromatic carbocycles. The number of rotatable bonds is 4. The van der Waals surface area contributed by atoms with Crippen LogP contribution in [0, 0.1) is 0 Å². The second kappa shape index (κ2) is 5.63. The number of aryl methyl sites for hydroxylation is 1. The highest BCUT2D eigenvalue weighted by atomic mass is 16.1. The van der Waals surface area contributed by atoms with Gasteiger partial charge in [-0.1, -0.05) is 23.8 Å². The van der Waals surface area contributed by atoms with Gasteiger partial charge in [0.15, 0.2) is 0 Å². The summed E-state index contributed by atoms with van der Waals surface area (Å²) in [5.74, 6) is 0. The van der Waals surface area contributed by atoms with E-state index in [0.29, 0.717) is 5.69 Å². The van der Waals surface area contributed by atoms with Crippen LogP contribution in [0.25, 0.3) is 11.0 Å². The van der Waals surface area contributed by atoms with E-state index in [1.165, 1.54) is 5.57 Å². The fraction of sp³-hybridized carbons (Fsp3) is 0.333. The van der Waals surface area contributed by atoms with Crippen LogP contribution in [0.1, 0.15) is 32.4 Å². The van der Waals surface area contributed by atoms with Gasteiger partial charge in [-0.25, -0.2) is 4.98 Å². The van der Waals surface area contributed by atoms with Gasteiger partial charge in [-0.2, -0.15) is 0 Å². The third-order valence-corrected chi connectivity index (χ3v) is 2.84. The number of fused-ring (bicyclic) bond motifs is 1. The van der Waals surface area contributed by atoms with Crippen LogP contribution in [0.15, 0.2) is 40.7 Å². The zero-order valence-corrected chi connectivity index (χ0v) is 10.9. The highest BCUT2D eigenvalue weighted by molar-refractivity contribution is 5.73. The Morgan fingerprint density at radius 3 is 2.89 bits per heavy atom. The normalized spacial score (nSPS) is 10.6. The molecule has 0 spiro atoms. The van der Waals surface area contributed by atoms with Crippen molar-refractivity contribution >= 4 is 11.0 Å². The summed E-state index contributed by atoms with van der Waals surface area (Å²) in [5.41, 5.74) is 3.54. The third-order valence-electron chi connectivity index (χ3n) is 2.84. The van der Waals surface area contributed by atoms with Gasteiger partial charge in [-0.15, -0.1) is 0 Å². The first kappa shape index (κ1) is 12.6. The largest absolute Gasteiger partial charge is 0.319 e. The number of nitrogens with zero attached hydrogens (tertiary/aromatic N) is 1. The Labute approximate surface area is 107 Å². The van der Waals surface area contributed by atoms with E-state index in [2.05, 4.69) is 29.9 Å². The van der Waals surface area contributed by atoms with Crippen molar-refractivity contribution in [3.8, 4) is 0 Å². The van der Waals surface area contributed by atoms with Crippen molar-refractivity contribution in [1.29, 1.82) is 0 Å². The number of benzene rings is 1. The van der Waals surface area contributed by atoms with E-state index in [1.54, 1.807) is 0 Å². The van der Waals surface area contributed by atoms with Crippen LogP contribution < -0.4 is 5.56 Å². The summed E-state index contributed by atoms with van der Waals surface area (Å²) in [5, 5.41) is 0. The maximum absolute atomic E-state index is 11.8. The van der Waals surface area contributed by atoms with Crippen LogP contribution in [0.2, 0.25) is 0 Å². The minimum absolute atomic E-state index is 0.0640. The predicted molar refractivity (Wildman–Crippen MR) is 74.7 cm³/mol. The van der Waals surface area contributed by atoms with Crippen molar-refractivity contribution in [2.75, 3.05) is 0 Å². The number of allylic oxidation sites excluding steroid dienone is 2. The second-order valence-electron chi connectivity index (χ2n) is 4.70. The van der Waals surface area contributed by atoms with Gasteiger partial charge >= 0.3 is 0 Å². The summed E-state index contributed by atoms with van der Waals surface area (Å²) in [6.45, 7) is 4.17. The molecule has 0 unspecified atom stereocenters. The zero-order chi connectivity index (χ0) is 13.0. The fourth-order valence-electron chi connectivity index (χ4n) is 1.90. The number of hydrogen-bond donors (Lipinski definition) is 1. The minimum atomic E-state index is -0.0640. The van der Waals surface area contributed by atoms with Crippen molar-refractivity contribution < 1.29 is 0 Å². The number of unbranched alkanes of at least 4 members (excludes halogenated alkanes) is 1. The van der Waals surface area contributed by atoms with Gasteiger partial charge in [0.1, 0.15) is 5.69 Å². The molecule has 3 nitrogen and oxygen atoms in total. The summed E-state index contributed by atoms with van der Waals surface area (Å²) in [7, 11) is 0. The summed E-state index contributed by atoms with van der Waals surface area (Å²) < 4.78 is 0. The molecule has 0 fully saturated rings. The van der Waals surface area contributed by atoms with Crippen molar-refractivity contribution in [1.82, 2.24) is 9.97 Å². The van der Waals surface area contributed by atoms with E-state index < -0.39 is 0 Å². The fourth-order valence-corrected chi connectivity index (χ4v) is 1.90. The number of nitrogens with one attached hydrogen (secondary N) is 1. The Bertz CT molecular complexity index is 622. The molecular weight excluding hydrogens is 224 g/mol. The van der Waals surface area contributed by atoms with E-state index >= 15 is 0 Å². The molecule has 0 aliphatic carbocycles. The summed E-state index contributed by atoms with van der Waals surface area (Å²) in [4.78, 5) is 19.1. The molecule has 18 heavy (non-hydrogen) atoms. The van der Waals surface area contributed by atoms with Gasteiger partial charge in [0, 0.05) is 0 Å². The Hall–Kier alpha value is -1.90. The van der Waals surface area contributed by atoms with Gasteiger partial charge in [-0.05, 0) is 45.2 Å². The number of H-pyrrole nitrogens is 1. The molecule has 94 valence electrons. The van der Waals surface area contributed by atoms with Crippen molar-refractivity contribution in [2.45, 2.75) is 33.1 Å². The number of hydrogen-bond acceptors (Lipinski definition) is 2. The van der Waals surface area contributed by atoms with Gasteiger partial charge in [-0.3, -0.25) is 4.79 Å². The van der Waals surface area contributed by atoms with Crippen LogP contribution in [0.3, 0.4) is 0 Å². The molecule has 0 bridgehead atoms. The van der Waals surface area contributed by atoms with Crippen LogP contribution in [0.4, 0.5) is 0 Å². The molecule has 0 amide bonds. The van der Waals surface area contributed by atoms with Gasteiger partial charge in [0.05, 0.1) is 11.0 Å². The molecule has 0 saturated heterocycles. The maximum Gasteiger partial charge on any atom is 0.270 e. The van der Waals surface area contributed by atoms with Crippen LogP contribution in [-0.4, -0.2) is 9.97 Å². The number of aromatic amines is 1. The Kier molecular flexibility index (Phi) is 3.92. The molecule has 0 aliphatic heterocycles. The SMILES string of the molecule is CC(C)=CCCCc1nc2ccccc2[nH]c1=O. The Morgan fingerprint density at radius 1 is 1.33 bits per heavy atom. The molecule has 1 aromatic heterocycles. The Morgan fingerprint density at radius 2 is 2.11 bits per heavy atom. The molecule has 0 radical (unpaired) electrons. The van der Waals surface area contributed by atoms with Crippen LogP contribution in [0.5, 0.6) is 0 Å². The first-order chi connectivity index (χ1) is 8.66. The lowest BCUT2D eigenvalue weighted by Gasteiger charge is -2.01. The van der Waals surface area contributed by atoms with Gasteiger partial charge < -0.3 is 4.98 Å². The highest BCUT2D eigenvalue weighted by Gasteiger charge is 2.03. The summed E-state index contributed by atoms with van der Waals surface area (Å²) in [6, 6.07) is 7.62. The lowest BCUT2D eigenvalue weighted by molar-refractivity contribution is 0.804. The number of aromatic nitrogens is 2. The van der Waals surface area contributed by atoms with E-state index in [0.717, 1.165) is 30.3 Å². The van der Waals surface area contributed by atoms with E-state index in [-0.39, 0.29) is 5.56 Å². The standard InChI is InChI=1S/C15H18N2O/c1-11(2)7-3-4-10-14-15(18)17-13-9-6-5-8-12(13)16-14/h5-9H,3-4,10H2,1-2H3,(H,17,18). The lowest BCUT2D eigenvalue weighted by atomic mass is 10.1. The average molecular weight is 242 g/mol. The molecule has 0 saturated carbocycles. The first-order valence-electron chi connectivity index (χ1n) is 6.28. The van der Waals surface area contributed by atoms with Crippen LogP contribution >= 0.6 is 0 Å². The highest BCUT2D eigenvalue weighted by Crippen LogP contribution is 2.08. The third kappa shape index (κ3) is 3.06. The topological polar surface area (TPSA) is 45.8 Å². The maximum atomic E-state index is 11.8.